The molecule has 9 heteroatoms. The summed E-state index contributed by atoms with van der Waals surface area (Å²) in [6.45, 7) is 0. The molecule has 0 aliphatic carbocycles. The third-order valence-electron chi connectivity index (χ3n) is 0.809. The summed E-state index contributed by atoms with van der Waals surface area (Å²) in [4.78, 5) is 30.4. The van der Waals surface area contributed by atoms with Crippen LogP contribution in [0.2, 0.25) is 0 Å². The molecular formula is C4H7KN4O4. The van der Waals surface area contributed by atoms with Crippen molar-refractivity contribution < 1.29 is 70.9 Å². The van der Waals surface area contributed by atoms with Crippen LogP contribution in [0.1, 0.15) is 0 Å². The zero-order valence-electron chi connectivity index (χ0n) is 6.87. The standard InChI is InChI=1S/C4H8N4O4.K/c5-3(11)7-1(2(9)10)8-4(6)12;/h1H,(H,9,10)(H3,5,7,11)(H3,6,8,12);/q;+1/p-1. The number of carboxylic acids is 1. The van der Waals surface area contributed by atoms with Crippen LogP contribution in [0.3, 0.4) is 0 Å². The summed E-state index contributed by atoms with van der Waals surface area (Å²) in [5, 5.41) is 13.5. The Morgan fingerprint density at radius 3 is 1.54 bits per heavy atom. The molecule has 0 bridgehead atoms. The van der Waals surface area contributed by atoms with Crippen LogP contribution in [0.15, 0.2) is 0 Å². The van der Waals surface area contributed by atoms with Gasteiger partial charge in [0, 0.05) is 0 Å². The van der Waals surface area contributed by atoms with E-state index in [-0.39, 0.29) is 51.4 Å². The van der Waals surface area contributed by atoms with E-state index in [1.807, 2.05) is 0 Å². The minimum Gasteiger partial charge on any atom is -0.546 e. The van der Waals surface area contributed by atoms with Crippen molar-refractivity contribution in [1.82, 2.24) is 10.6 Å². The van der Waals surface area contributed by atoms with E-state index in [0.717, 1.165) is 0 Å². The predicted octanol–water partition coefficient (Wildman–Crippen LogP) is -6.60. The molecule has 0 aromatic heterocycles. The van der Waals surface area contributed by atoms with Crippen molar-refractivity contribution >= 4 is 18.0 Å². The first-order valence-electron chi connectivity index (χ1n) is 2.76. The third-order valence-corrected chi connectivity index (χ3v) is 0.809. The Kier molecular flexibility index (Phi) is 8.25. The molecule has 6 N–H and O–H groups in total. The average Bonchev–Trinajstić information content (AvgIpc) is 1.83. The molecule has 0 radical (unpaired) electrons. The van der Waals surface area contributed by atoms with Crippen molar-refractivity contribution in [2.24, 2.45) is 11.5 Å². The van der Waals surface area contributed by atoms with Crippen LogP contribution in [0.5, 0.6) is 0 Å². The van der Waals surface area contributed by atoms with Gasteiger partial charge in [-0.15, -0.1) is 0 Å². The summed E-state index contributed by atoms with van der Waals surface area (Å²) in [6, 6.07) is -2.23. The van der Waals surface area contributed by atoms with Gasteiger partial charge >= 0.3 is 63.4 Å². The minimum absolute atomic E-state index is 0. The van der Waals surface area contributed by atoms with Crippen molar-refractivity contribution in [3.05, 3.63) is 0 Å². The molecule has 0 saturated heterocycles. The Morgan fingerprint density at radius 1 is 1.08 bits per heavy atom. The fraction of sp³-hybridized carbons (Fsp3) is 0.250. The first-order valence-corrected chi connectivity index (χ1v) is 2.76. The van der Waals surface area contributed by atoms with Crippen molar-refractivity contribution in [2.45, 2.75) is 6.17 Å². The maximum absolute atomic E-state index is 10.1. The molecule has 0 aliphatic heterocycles. The van der Waals surface area contributed by atoms with E-state index in [9.17, 15) is 19.5 Å². The van der Waals surface area contributed by atoms with E-state index in [2.05, 4.69) is 11.5 Å². The molecule has 0 saturated carbocycles. The molecule has 68 valence electrons. The SMILES string of the molecule is NC(=O)NC(NC(N)=O)C(=O)[O-].[K+]. The number of aliphatic carboxylic acids is 1. The van der Waals surface area contributed by atoms with E-state index < -0.39 is 24.2 Å². The smallest absolute Gasteiger partial charge is 0.546 e. The van der Waals surface area contributed by atoms with Crippen molar-refractivity contribution in [2.75, 3.05) is 0 Å². The van der Waals surface area contributed by atoms with Crippen molar-refractivity contribution in [3.8, 4) is 0 Å². The van der Waals surface area contributed by atoms with Gasteiger partial charge in [-0.05, 0) is 0 Å². The molecule has 8 nitrogen and oxygen atoms in total. The number of carbonyl (C=O) groups is 3. The van der Waals surface area contributed by atoms with Gasteiger partial charge in [-0.2, -0.15) is 0 Å². The Balaban J connectivity index is 0. The van der Waals surface area contributed by atoms with E-state index >= 15 is 0 Å². The largest absolute Gasteiger partial charge is 1.00 e. The van der Waals surface area contributed by atoms with Crippen LogP contribution < -0.4 is 78.6 Å². The number of hydrogen-bond donors (Lipinski definition) is 4. The van der Waals surface area contributed by atoms with E-state index in [1.165, 1.54) is 0 Å². The van der Waals surface area contributed by atoms with Crippen LogP contribution in [0.25, 0.3) is 0 Å². The number of carboxylic acid groups (broad SMARTS) is 1. The Bertz CT molecular complexity index is 204. The molecular weight excluding hydrogens is 207 g/mol. The van der Waals surface area contributed by atoms with E-state index in [4.69, 9.17) is 0 Å². The average molecular weight is 214 g/mol. The fourth-order valence-electron chi connectivity index (χ4n) is 0.438. The number of nitrogens with two attached hydrogens (primary N) is 2. The Hall–Kier alpha value is -0.354. The summed E-state index contributed by atoms with van der Waals surface area (Å²) in [5.74, 6) is -1.72. The maximum Gasteiger partial charge on any atom is 1.00 e. The molecule has 0 aliphatic rings. The third kappa shape index (κ3) is 7.99. The van der Waals surface area contributed by atoms with Crippen molar-refractivity contribution in [1.29, 1.82) is 0 Å². The summed E-state index contributed by atoms with van der Waals surface area (Å²) >= 11 is 0. The monoisotopic (exact) mass is 214 g/mol. The first-order chi connectivity index (χ1) is 5.43. The van der Waals surface area contributed by atoms with Gasteiger partial charge in [-0.1, -0.05) is 0 Å². The molecule has 4 amide bonds. The Labute approximate surface area is 116 Å². The van der Waals surface area contributed by atoms with Crippen LogP contribution in [0, 0.1) is 0 Å². The first kappa shape index (κ1) is 15.1. The fourth-order valence-corrected chi connectivity index (χ4v) is 0.438. The van der Waals surface area contributed by atoms with Gasteiger partial charge in [0.2, 0.25) is 0 Å². The number of rotatable bonds is 3. The molecule has 0 aromatic carbocycles. The molecule has 0 heterocycles. The van der Waals surface area contributed by atoms with Crippen LogP contribution in [0.4, 0.5) is 9.59 Å². The van der Waals surface area contributed by atoms with Gasteiger partial charge in [0.05, 0.1) is 5.97 Å². The topological polar surface area (TPSA) is 150 Å². The molecule has 0 aromatic rings. The van der Waals surface area contributed by atoms with Gasteiger partial charge in [-0.25, -0.2) is 9.59 Å². The normalized spacial score (nSPS) is 8.38. The second-order valence-corrected chi connectivity index (χ2v) is 1.77. The second-order valence-electron chi connectivity index (χ2n) is 1.77. The van der Waals surface area contributed by atoms with Gasteiger partial charge in [-0.3, -0.25) is 0 Å². The van der Waals surface area contributed by atoms with Gasteiger partial charge in [0.1, 0.15) is 6.17 Å². The zero-order chi connectivity index (χ0) is 9.72. The van der Waals surface area contributed by atoms with Crippen LogP contribution in [-0.4, -0.2) is 24.2 Å². The quantitative estimate of drug-likeness (QED) is 0.272. The second kappa shape index (κ2) is 7.09. The van der Waals surface area contributed by atoms with E-state index in [1.54, 1.807) is 10.6 Å². The predicted molar refractivity (Wildman–Crippen MR) is 34.2 cm³/mol. The maximum atomic E-state index is 10.1. The summed E-state index contributed by atoms with van der Waals surface area (Å²) < 4.78 is 0. The molecule has 0 atom stereocenters. The van der Waals surface area contributed by atoms with Gasteiger partial charge in [0.15, 0.2) is 0 Å². The summed E-state index contributed by atoms with van der Waals surface area (Å²) in [5.41, 5.74) is 9.15. The van der Waals surface area contributed by atoms with Crippen LogP contribution >= 0.6 is 0 Å². The molecule has 0 spiro atoms. The number of urea groups is 2. The zero-order valence-corrected chi connectivity index (χ0v) is 9.99. The summed E-state index contributed by atoms with van der Waals surface area (Å²) in [6.07, 6.45) is -1.71. The Morgan fingerprint density at radius 2 is 1.38 bits per heavy atom. The molecule has 13 heavy (non-hydrogen) atoms. The van der Waals surface area contributed by atoms with E-state index in [0.29, 0.717) is 0 Å². The van der Waals surface area contributed by atoms with Gasteiger partial charge < -0.3 is 32.0 Å². The molecule has 0 fully saturated rings. The minimum atomic E-state index is -1.72. The number of amides is 4. The number of nitrogens with one attached hydrogen (secondary N) is 2. The number of primary amides is 2. The number of hydrogen-bond acceptors (Lipinski definition) is 4. The molecule has 0 rings (SSSR count). The van der Waals surface area contributed by atoms with Gasteiger partial charge in [0.25, 0.3) is 0 Å². The number of carbonyl (C=O) groups excluding carboxylic acids is 3. The molecule has 0 unspecified atom stereocenters. The van der Waals surface area contributed by atoms with Crippen molar-refractivity contribution in [3.63, 3.8) is 0 Å². The van der Waals surface area contributed by atoms with Crippen LogP contribution in [-0.2, 0) is 4.79 Å². The summed E-state index contributed by atoms with van der Waals surface area (Å²) in [7, 11) is 0.